The van der Waals surface area contributed by atoms with Gasteiger partial charge in [-0.3, -0.25) is 9.79 Å². The largest absolute Gasteiger partial charge is 0.456 e. The van der Waals surface area contributed by atoms with E-state index in [4.69, 9.17) is 10.2 Å². The highest BCUT2D eigenvalue weighted by Gasteiger charge is 2.21. The molecule has 5 nitrogen and oxygen atoms in total. The van der Waals surface area contributed by atoms with Crippen LogP contribution < -0.4 is 16.0 Å². The zero-order valence-corrected chi connectivity index (χ0v) is 18.2. The molecular weight excluding hydrogens is 386 g/mol. The van der Waals surface area contributed by atoms with Crippen molar-refractivity contribution in [2.45, 2.75) is 20.8 Å². The van der Waals surface area contributed by atoms with Crippen molar-refractivity contribution in [3.63, 3.8) is 0 Å². The Morgan fingerprint density at radius 3 is 2.45 bits per heavy atom. The van der Waals surface area contributed by atoms with Crippen LogP contribution in [0.2, 0.25) is 0 Å². The van der Waals surface area contributed by atoms with E-state index in [1.54, 1.807) is 6.07 Å². The number of carbonyl (C=O) groups is 1. The van der Waals surface area contributed by atoms with Gasteiger partial charge in [0.15, 0.2) is 0 Å². The molecule has 158 valence electrons. The predicted molar refractivity (Wildman–Crippen MR) is 126 cm³/mol. The van der Waals surface area contributed by atoms with Crippen LogP contribution in [0, 0.1) is 0 Å². The molecule has 0 saturated heterocycles. The van der Waals surface area contributed by atoms with Gasteiger partial charge in [0.25, 0.3) is 0 Å². The topological polar surface area (TPSA) is 71.8 Å². The molecule has 2 N–H and O–H groups in total. The molecule has 1 heterocycles. The summed E-state index contributed by atoms with van der Waals surface area (Å²) in [5.74, 6) is 0.281. The SMILES string of the molecule is CCN=c1ccc2c(-c3ccccc3C(N)=O)c3ccc(N(CC)CC)cc3oc-2c1. The van der Waals surface area contributed by atoms with E-state index in [0.29, 0.717) is 12.1 Å². The van der Waals surface area contributed by atoms with E-state index in [9.17, 15) is 4.79 Å². The number of benzene rings is 3. The van der Waals surface area contributed by atoms with Crippen LogP contribution in [0.5, 0.6) is 0 Å². The van der Waals surface area contributed by atoms with Crippen LogP contribution in [0.25, 0.3) is 33.4 Å². The van der Waals surface area contributed by atoms with Gasteiger partial charge >= 0.3 is 0 Å². The molecule has 2 aliphatic rings. The number of nitrogens with zero attached hydrogens (tertiary/aromatic N) is 2. The third-order valence-electron chi connectivity index (χ3n) is 5.62. The van der Waals surface area contributed by atoms with Gasteiger partial charge in [-0.25, -0.2) is 0 Å². The Balaban J connectivity index is 2.11. The van der Waals surface area contributed by atoms with Crippen LogP contribution in [-0.2, 0) is 0 Å². The van der Waals surface area contributed by atoms with Crippen molar-refractivity contribution in [2.75, 3.05) is 24.5 Å². The number of anilines is 1. The zero-order valence-electron chi connectivity index (χ0n) is 18.2. The second-order valence-electron chi connectivity index (χ2n) is 7.39. The molecule has 31 heavy (non-hydrogen) atoms. The van der Waals surface area contributed by atoms with Crippen LogP contribution in [0.1, 0.15) is 31.1 Å². The number of hydrogen-bond donors (Lipinski definition) is 1. The third-order valence-corrected chi connectivity index (χ3v) is 5.62. The minimum atomic E-state index is -0.449. The summed E-state index contributed by atoms with van der Waals surface area (Å²) < 4.78 is 6.37. The number of nitrogens with two attached hydrogens (primary N) is 1. The molecule has 0 atom stereocenters. The van der Waals surface area contributed by atoms with Gasteiger partial charge in [0.05, 0.1) is 5.36 Å². The summed E-state index contributed by atoms with van der Waals surface area (Å²) in [6.07, 6.45) is 0. The van der Waals surface area contributed by atoms with Crippen molar-refractivity contribution < 1.29 is 9.21 Å². The molecule has 0 spiro atoms. The standard InChI is InChI=1S/C26H27N3O2/c1-4-28-17-11-13-21-23(15-17)31-24-16-18(29(5-2)6-3)12-14-22(24)25(21)19-9-7-8-10-20(19)26(27)30/h7-16H,4-6H2,1-3H3,(H2,27,30). The molecule has 1 aliphatic heterocycles. The molecule has 2 aromatic rings. The Morgan fingerprint density at radius 1 is 0.968 bits per heavy atom. The molecule has 0 radical (unpaired) electrons. The van der Waals surface area contributed by atoms with Crippen LogP contribution in [0.3, 0.4) is 0 Å². The summed E-state index contributed by atoms with van der Waals surface area (Å²) in [7, 11) is 0. The van der Waals surface area contributed by atoms with E-state index < -0.39 is 5.91 Å². The maximum Gasteiger partial charge on any atom is 0.249 e. The lowest BCUT2D eigenvalue weighted by atomic mass is 9.90. The van der Waals surface area contributed by atoms with Gasteiger partial charge in [0.1, 0.15) is 11.3 Å². The first-order valence-corrected chi connectivity index (χ1v) is 10.7. The third kappa shape index (κ3) is 3.79. The molecular formula is C26H27N3O2. The minimum absolute atomic E-state index is 0.449. The van der Waals surface area contributed by atoms with Gasteiger partial charge in [0.2, 0.25) is 5.91 Å². The number of fused-ring (bicyclic) bond motifs is 2. The zero-order chi connectivity index (χ0) is 22.0. The van der Waals surface area contributed by atoms with E-state index in [1.807, 2.05) is 43.3 Å². The summed E-state index contributed by atoms with van der Waals surface area (Å²) in [5.41, 5.74) is 10.7. The molecule has 0 unspecified atom stereocenters. The second kappa shape index (κ2) is 8.64. The van der Waals surface area contributed by atoms with Crippen molar-refractivity contribution in [3.8, 4) is 22.5 Å². The molecule has 0 saturated carbocycles. The van der Waals surface area contributed by atoms with Gasteiger partial charge in [-0.1, -0.05) is 18.2 Å². The van der Waals surface area contributed by atoms with Crippen LogP contribution >= 0.6 is 0 Å². The second-order valence-corrected chi connectivity index (χ2v) is 7.39. The van der Waals surface area contributed by atoms with Crippen molar-refractivity contribution in [1.82, 2.24) is 0 Å². The highest BCUT2D eigenvalue weighted by molar-refractivity contribution is 6.09. The van der Waals surface area contributed by atoms with Crippen molar-refractivity contribution in [3.05, 3.63) is 71.6 Å². The fraction of sp³-hybridized carbons (Fsp3) is 0.231. The first-order chi connectivity index (χ1) is 15.1. The molecule has 0 bridgehead atoms. The van der Waals surface area contributed by atoms with Gasteiger partial charge in [-0.05, 0) is 56.7 Å². The van der Waals surface area contributed by atoms with Crippen LogP contribution in [0.4, 0.5) is 5.69 Å². The highest BCUT2D eigenvalue weighted by Crippen LogP contribution is 2.41. The number of primary amides is 1. The quantitative estimate of drug-likeness (QED) is 0.449. The molecule has 0 aromatic heterocycles. The molecule has 4 rings (SSSR count). The number of rotatable bonds is 6. The summed E-state index contributed by atoms with van der Waals surface area (Å²) in [6.45, 7) is 8.80. The molecule has 5 heteroatoms. The number of carbonyl (C=O) groups excluding carboxylic acids is 1. The fourth-order valence-corrected chi connectivity index (χ4v) is 4.14. The van der Waals surface area contributed by atoms with E-state index >= 15 is 0 Å². The lowest BCUT2D eigenvalue weighted by Gasteiger charge is -2.22. The first kappa shape index (κ1) is 20.7. The van der Waals surface area contributed by atoms with Gasteiger partial charge in [-0.15, -0.1) is 0 Å². The van der Waals surface area contributed by atoms with E-state index in [-0.39, 0.29) is 0 Å². The van der Waals surface area contributed by atoms with Gasteiger partial charge < -0.3 is 15.1 Å². The summed E-state index contributed by atoms with van der Waals surface area (Å²) in [5, 5.41) is 1.81. The Morgan fingerprint density at radius 2 is 1.74 bits per heavy atom. The molecule has 1 amide bonds. The highest BCUT2D eigenvalue weighted by atomic mass is 16.3. The molecule has 1 aliphatic carbocycles. The smallest absolute Gasteiger partial charge is 0.249 e. The normalized spacial score (nSPS) is 11.9. The maximum atomic E-state index is 12.2. The van der Waals surface area contributed by atoms with Crippen molar-refractivity contribution in [2.24, 2.45) is 10.7 Å². The fourth-order valence-electron chi connectivity index (χ4n) is 4.14. The average Bonchev–Trinajstić information content (AvgIpc) is 2.78. The Kier molecular flexibility index (Phi) is 5.76. The Bertz CT molecular complexity index is 1290. The first-order valence-electron chi connectivity index (χ1n) is 10.7. The van der Waals surface area contributed by atoms with Crippen LogP contribution in [0.15, 0.2) is 70.1 Å². The molecule has 0 fully saturated rings. The maximum absolute atomic E-state index is 12.2. The lowest BCUT2D eigenvalue weighted by Crippen LogP contribution is -2.21. The summed E-state index contributed by atoms with van der Waals surface area (Å²) in [4.78, 5) is 19.0. The number of amides is 1. The van der Waals surface area contributed by atoms with E-state index in [0.717, 1.165) is 57.6 Å². The minimum Gasteiger partial charge on any atom is -0.456 e. The predicted octanol–water partition coefficient (Wildman–Crippen LogP) is 5.07. The Hall–Kier alpha value is -3.60. The average molecular weight is 414 g/mol. The molecule has 2 aromatic carbocycles. The van der Waals surface area contributed by atoms with Crippen LogP contribution in [-0.4, -0.2) is 25.5 Å². The lowest BCUT2D eigenvalue weighted by molar-refractivity contribution is 0.100. The van der Waals surface area contributed by atoms with Gasteiger partial charge in [-0.2, -0.15) is 0 Å². The summed E-state index contributed by atoms with van der Waals surface area (Å²) >= 11 is 0. The number of hydrogen-bond acceptors (Lipinski definition) is 4. The van der Waals surface area contributed by atoms with Gasteiger partial charge in [0, 0.05) is 59.5 Å². The van der Waals surface area contributed by atoms with Crippen molar-refractivity contribution >= 4 is 22.6 Å². The van der Waals surface area contributed by atoms with E-state index in [1.165, 1.54) is 0 Å². The Labute approximate surface area is 182 Å². The monoisotopic (exact) mass is 413 g/mol. The van der Waals surface area contributed by atoms with E-state index in [2.05, 4.69) is 41.9 Å². The summed E-state index contributed by atoms with van der Waals surface area (Å²) in [6, 6.07) is 19.7. The van der Waals surface area contributed by atoms with Crippen molar-refractivity contribution in [1.29, 1.82) is 0 Å².